The van der Waals surface area contributed by atoms with Gasteiger partial charge in [-0.05, 0) is 46.2 Å². The molecule has 0 bridgehead atoms. The van der Waals surface area contributed by atoms with Crippen LogP contribution in [0.15, 0.2) is 95.2 Å². The molecule has 2 heterocycles. The van der Waals surface area contributed by atoms with Crippen molar-refractivity contribution in [3.8, 4) is 11.1 Å². The van der Waals surface area contributed by atoms with Crippen LogP contribution in [0.1, 0.15) is 0 Å². The van der Waals surface area contributed by atoms with Crippen LogP contribution in [0.25, 0.3) is 21.9 Å². The van der Waals surface area contributed by atoms with Gasteiger partial charge in [-0.15, -0.1) is 0 Å². The van der Waals surface area contributed by atoms with Crippen molar-refractivity contribution in [3.05, 3.63) is 85.5 Å². The van der Waals surface area contributed by atoms with Gasteiger partial charge in [0.25, 0.3) is 0 Å². The van der Waals surface area contributed by atoms with Crippen molar-refractivity contribution < 1.29 is 46.9 Å². The molecule has 4 aromatic rings. The van der Waals surface area contributed by atoms with E-state index in [1.54, 1.807) is 0 Å². The number of pyridine rings is 2. The minimum atomic E-state index is -4.56. The molecule has 10 nitrogen and oxygen atoms in total. The predicted octanol–water partition coefficient (Wildman–Crippen LogP) is -0.0196. The molecule has 0 saturated heterocycles. The zero-order valence-electron chi connectivity index (χ0n) is 16.3. The summed E-state index contributed by atoms with van der Waals surface area (Å²) in [6.45, 7) is 0. The monoisotopic (exact) mass is 480 g/mol. The second-order valence-corrected chi connectivity index (χ2v) is 8.92. The van der Waals surface area contributed by atoms with Crippen LogP contribution in [0.5, 0.6) is 0 Å². The molecule has 6 N–H and O–H groups in total. The fourth-order valence-corrected chi connectivity index (χ4v) is 3.68. The van der Waals surface area contributed by atoms with Crippen LogP contribution in [0.3, 0.4) is 0 Å². The molecule has 12 heteroatoms. The maximum atomic E-state index is 10.8. The highest BCUT2D eigenvalue weighted by Gasteiger charge is 2.06. The van der Waals surface area contributed by atoms with Crippen LogP contribution in [0, 0.1) is 0 Å². The number of fused-ring (bicyclic) bond motifs is 1. The van der Waals surface area contributed by atoms with E-state index in [4.69, 9.17) is 0 Å². The number of aromatic nitrogens is 2. The van der Waals surface area contributed by atoms with E-state index < -0.39 is 30.0 Å². The second kappa shape index (κ2) is 10.9. The van der Waals surface area contributed by atoms with Crippen molar-refractivity contribution in [3.63, 3.8) is 0 Å². The molecule has 4 rings (SSSR count). The maximum Gasteiger partial charge on any atom is 0.167 e. The first kappa shape index (κ1) is 26.8. The molecule has 0 saturated carbocycles. The van der Waals surface area contributed by atoms with E-state index >= 15 is 0 Å². The van der Waals surface area contributed by atoms with Crippen LogP contribution in [0.4, 0.5) is 0 Å². The van der Waals surface area contributed by atoms with Gasteiger partial charge < -0.3 is 20.1 Å². The van der Waals surface area contributed by atoms with Crippen molar-refractivity contribution in [1.82, 2.24) is 0 Å². The average molecular weight is 481 g/mol. The maximum absolute atomic E-state index is 10.8. The highest BCUT2D eigenvalue weighted by molar-refractivity contribution is 7.86. The summed E-state index contributed by atoms with van der Waals surface area (Å²) in [5.74, 6) is 0. The van der Waals surface area contributed by atoms with Crippen LogP contribution < -0.4 is 9.97 Å². The van der Waals surface area contributed by atoms with Crippen LogP contribution in [-0.2, 0) is 20.2 Å². The Balaban J connectivity index is 0.000000321. The Hall–Kier alpha value is -3.26. The Bertz CT molecular complexity index is 1270. The highest BCUT2D eigenvalue weighted by Crippen LogP contribution is 2.22. The van der Waals surface area contributed by atoms with Gasteiger partial charge in [0.1, 0.15) is 20.2 Å². The third kappa shape index (κ3) is 6.88. The number of rotatable bonds is 3. The van der Waals surface area contributed by atoms with Crippen molar-refractivity contribution in [2.75, 3.05) is 0 Å². The van der Waals surface area contributed by atoms with Gasteiger partial charge in [-0.2, -0.15) is 0 Å². The number of benzene rings is 2. The zero-order valence-corrected chi connectivity index (χ0v) is 18.0. The van der Waals surface area contributed by atoms with E-state index in [0.29, 0.717) is 10.8 Å². The third-order valence-electron chi connectivity index (χ3n) is 4.13. The van der Waals surface area contributed by atoms with Gasteiger partial charge in [-0.3, -0.25) is 0 Å². The summed E-state index contributed by atoms with van der Waals surface area (Å²) in [4.78, 5) is 5.17. The molecule has 170 valence electrons. The minimum absolute atomic E-state index is 0. The molecule has 0 aliphatic carbocycles. The molecule has 0 aliphatic heterocycles. The summed E-state index contributed by atoms with van der Waals surface area (Å²) >= 11 is 0. The first-order chi connectivity index (χ1) is 14.1. The summed E-state index contributed by atoms with van der Waals surface area (Å²) in [5.41, 5.74) is 2.45. The summed E-state index contributed by atoms with van der Waals surface area (Å²) in [6, 6.07) is 15.1. The Kier molecular flexibility index (Phi) is 9.09. The first-order valence-electron chi connectivity index (χ1n) is 8.53. The fraction of sp³-hybridized carbons (Fsp3) is 0. The number of hydrogen-bond donors (Lipinski definition) is 0. The molecule has 0 amide bonds. The second-order valence-electron chi connectivity index (χ2n) is 6.16. The lowest BCUT2D eigenvalue weighted by molar-refractivity contribution is -0.378. The standard InChI is InChI=1S/C10H8N2.C10H8O6S2.2H2O/c1-5-11-6-2-9(1)10-3-7-12-8-4-10;11-17(12,13)9-3-1-7-5-10(18(14,15)16)4-2-8(7)6-9;;/h1-8H;1-6H,(H,11,12,13)(H,14,15,16);2*1H2. The third-order valence-corrected chi connectivity index (χ3v) is 5.79. The van der Waals surface area contributed by atoms with Gasteiger partial charge >= 0.3 is 0 Å². The topological polar surface area (TPSA) is 206 Å². The molecular weight excluding hydrogens is 460 g/mol. The number of H-pyrrole nitrogens is 2. The minimum Gasteiger partial charge on any atom is -0.744 e. The lowest BCUT2D eigenvalue weighted by Gasteiger charge is -2.10. The largest absolute Gasteiger partial charge is 0.744 e. The van der Waals surface area contributed by atoms with Gasteiger partial charge in [0, 0.05) is 24.3 Å². The molecule has 0 atom stereocenters. The lowest BCUT2D eigenvalue weighted by atomic mass is 10.1. The van der Waals surface area contributed by atoms with Gasteiger partial charge in [0.2, 0.25) is 0 Å². The predicted molar refractivity (Wildman–Crippen MR) is 112 cm³/mol. The summed E-state index contributed by atoms with van der Waals surface area (Å²) < 4.78 is 64.8. The van der Waals surface area contributed by atoms with Crippen molar-refractivity contribution in [2.24, 2.45) is 0 Å². The van der Waals surface area contributed by atoms with Crippen molar-refractivity contribution in [1.29, 1.82) is 0 Å². The van der Waals surface area contributed by atoms with Crippen LogP contribution in [0.2, 0.25) is 0 Å². The molecule has 32 heavy (non-hydrogen) atoms. The molecular formula is C20H20N2O8S2. The SMILES string of the molecule is O.O.O=S(=O)([O-])c1ccc2cc(S(=O)(=O)[O-])ccc2c1.c1cc(-c2cc[nH+]cc2)cc[nH+]1. The van der Waals surface area contributed by atoms with Gasteiger partial charge in [-0.25, -0.2) is 26.8 Å². The Morgan fingerprint density at radius 2 is 0.844 bits per heavy atom. The lowest BCUT2D eigenvalue weighted by Crippen LogP contribution is -1.99. The Morgan fingerprint density at radius 1 is 0.531 bits per heavy atom. The van der Waals surface area contributed by atoms with Crippen LogP contribution >= 0.6 is 0 Å². The van der Waals surface area contributed by atoms with Crippen molar-refractivity contribution in [2.45, 2.75) is 9.79 Å². The first-order valence-corrected chi connectivity index (χ1v) is 11.3. The van der Waals surface area contributed by atoms with Crippen LogP contribution in [-0.4, -0.2) is 36.9 Å². The van der Waals surface area contributed by atoms with Gasteiger partial charge in [0.05, 0.1) is 9.79 Å². The normalized spacial score (nSPS) is 10.8. The highest BCUT2D eigenvalue weighted by atomic mass is 32.2. The molecule has 0 fully saturated rings. The fourth-order valence-electron chi connectivity index (χ4n) is 2.67. The Morgan fingerprint density at radius 3 is 1.12 bits per heavy atom. The Labute approximate surface area is 184 Å². The molecule has 0 spiro atoms. The van der Waals surface area contributed by atoms with E-state index in [1.165, 1.54) is 23.3 Å². The smallest absolute Gasteiger partial charge is 0.167 e. The number of aromatic amines is 2. The summed E-state index contributed by atoms with van der Waals surface area (Å²) in [6.07, 6.45) is 7.69. The molecule has 0 unspecified atom stereocenters. The van der Waals surface area contributed by atoms with E-state index in [1.807, 2.05) is 24.8 Å². The molecule has 0 radical (unpaired) electrons. The molecule has 2 aromatic carbocycles. The van der Waals surface area contributed by atoms with Gasteiger partial charge in [-0.1, -0.05) is 12.1 Å². The van der Waals surface area contributed by atoms with Gasteiger partial charge in [0.15, 0.2) is 24.8 Å². The summed E-state index contributed by atoms with van der Waals surface area (Å²) in [7, 11) is -9.13. The summed E-state index contributed by atoms with van der Waals surface area (Å²) in [5, 5.41) is 0.721. The van der Waals surface area contributed by atoms with E-state index in [9.17, 15) is 25.9 Å². The quantitative estimate of drug-likeness (QED) is 0.368. The van der Waals surface area contributed by atoms with Crippen molar-refractivity contribution >= 4 is 31.0 Å². The van der Waals surface area contributed by atoms with E-state index in [0.717, 1.165) is 24.3 Å². The zero-order chi connectivity index (χ0) is 21.8. The number of nitrogens with one attached hydrogen (secondary N) is 2. The van der Waals surface area contributed by atoms with E-state index in [2.05, 4.69) is 34.2 Å². The average Bonchev–Trinajstić information content (AvgIpc) is 2.73. The number of hydrogen-bond acceptors (Lipinski definition) is 6. The van der Waals surface area contributed by atoms with E-state index in [-0.39, 0.29) is 11.0 Å². The molecule has 2 aromatic heterocycles. The molecule has 0 aliphatic rings.